The zero-order chi connectivity index (χ0) is 15.4. The van der Waals surface area contributed by atoms with E-state index < -0.39 is 11.7 Å². The summed E-state index contributed by atoms with van der Waals surface area (Å²) in [7, 11) is 0. The second-order valence-corrected chi connectivity index (χ2v) is 5.18. The molecule has 0 aliphatic heterocycles. The molecule has 0 atom stereocenters. The first-order valence-corrected chi connectivity index (χ1v) is 6.78. The molecule has 0 bridgehead atoms. The van der Waals surface area contributed by atoms with Crippen LogP contribution in [0.1, 0.15) is 41.3 Å². The molecule has 3 nitrogen and oxygen atoms in total. The van der Waals surface area contributed by atoms with E-state index in [4.69, 9.17) is 10.5 Å². The third-order valence-electron chi connectivity index (χ3n) is 3.28. The highest BCUT2D eigenvalue weighted by Gasteiger charge is 2.08. The average molecular weight is 287 g/mol. The summed E-state index contributed by atoms with van der Waals surface area (Å²) >= 11 is 0. The lowest BCUT2D eigenvalue weighted by molar-refractivity contribution is 0.0999. The molecule has 0 aromatic heterocycles. The van der Waals surface area contributed by atoms with Crippen LogP contribution in [0.15, 0.2) is 42.5 Å². The maximum atomic E-state index is 13.8. The standard InChI is InChI=1S/C17H18FNO2/c1-11(2)12-5-7-15(8-6-12)21-10-14-4-3-13(17(19)20)9-16(14)18/h3-9,11H,10H2,1-2H3,(H2,19,20). The van der Waals surface area contributed by atoms with Crippen LogP contribution in [-0.2, 0) is 6.61 Å². The van der Waals surface area contributed by atoms with Crippen molar-refractivity contribution in [3.63, 3.8) is 0 Å². The first-order valence-electron chi connectivity index (χ1n) is 6.78. The summed E-state index contributed by atoms with van der Waals surface area (Å²) in [5.41, 5.74) is 6.85. The highest BCUT2D eigenvalue weighted by Crippen LogP contribution is 2.20. The highest BCUT2D eigenvalue weighted by molar-refractivity contribution is 5.92. The van der Waals surface area contributed by atoms with Crippen LogP contribution in [0.25, 0.3) is 0 Å². The Labute approximate surface area is 123 Å². The van der Waals surface area contributed by atoms with Gasteiger partial charge in [0.2, 0.25) is 5.91 Å². The molecule has 110 valence electrons. The number of hydrogen-bond donors (Lipinski definition) is 1. The molecule has 1 amide bonds. The predicted molar refractivity (Wildman–Crippen MR) is 79.8 cm³/mol. The van der Waals surface area contributed by atoms with Gasteiger partial charge in [-0.15, -0.1) is 0 Å². The van der Waals surface area contributed by atoms with E-state index in [0.29, 0.717) is 17.2 Å². The van der Waals surface area contributed by atoms with Crippen LogP contribution in [0.3, 0.4) is 0 Å². The fourth-order valence-corrected chi connectivity index (χ4v) is 1.93. The Morgan fingerprint density at radius 2 is 1.86 bits per heavy atom. The molecular weight excluding hydrogens is 269 g/mol. The molecule has 0 fully saturated rings. The van der Waals surface area contributed by atoms with Crippen molar-refractivity contribution in [1.29, 1.82) is 0 Å². The van der Waals surface area contributed by atoms with Crippen molar-refractivity contribution in [3.8, 4) is 5.75 Å². The van der Waals surface area contributed by atoms with Crippen molar-refractivity contribution >= 4 is 5.91 Å². The van der Waals surface area contributed by atoms with Crippen LogP contribution < -0.4 is 10.5 Å². The third kappa shape index (κ3) is 3.81. The first-order chi connectivity index (χ1) is 9.97. The minimum atomic E-state index is -0.648. The molecule has 0 saturated heterocycles. The van der Waals surface area contributed by atoms with E-state index in [1.807, 2.05) is 24.3 Å². The Morgan fingerprint density at radius 3 is 2.38 bits per heavy atom. The summed E-state index contributed by atoms with van der Waals surface area (Å²) in [5, 5.41) is 0. The number of hydrogen-bond acceptors (Lipinski definition) is 2. The van der Waals surface area contributed by atoms with Crippen molar-refractivity contribution in [1.82, 2.24) is 0 Å². The number of carbonyl (C=O) groups is 1. The third-order valence-corrected chi connectivity index (χ3v) is 3.28. The van der Waals surface area contributed by atoms with Gasteiger partial charge in [0.1, 0.15) is 18.2 Å². The van der Waals surface area contributed by atoms with Gasteiger partial charge in [0.05, 0.1) is 0 Å². The summed E-state index contributed by atoms with van der Waals surface area (Å²) in [6, 6.07) is 11.8. The second-order valence-electron chi connectivity index (χ2n) is 5.18. The predicted octanol–water partition coefficient (Wildman–Crippen LogP) is 3.63. The molecule has 21 heavy (non-hydrogen) atoms. The van der Waals surface area contributed by atoms with E-state index in [1.165, 1.54) is 17.7 Å². The largest absolute Gasteiger partial charge is 0.489 e. The second kappa shape index (κ2) is 6.39. The molecule has 0 unspecified atom stereocenters. The minimum absolute atomic E-state index is 0.103. The van der Waals surface area contributed by atoms with Gasteiger partial charge in [0.15, 0.2) is 0 Å². The SMILES string of the molecule is CC(C)c1ccc(OCc2ccc(C(N)=O)cc2F)cc1. The molecule has 0 saturated carbocycles. The number of primary amides is 1. The van der Waals surface area contributed by atoms with Crippen molar-refractivity contribution in [3.05, 3.63) is 65.0 Å². The summed E-state index contributed by atoms with van der Waals surface area (Å²) in [6.07, 6.45) is 0. The first kappa shape index (κ1) is 15.0. The van der Waals surface area contributed by atoms with Crippen molar-refractivity contribution in [2.45, 2.75) is 26.4 Å². The van der Waals surface area contributed by atoms with Gasteiger partial charge in [-0.3, -0.25) is 4.79 Å². The average Bonchev–Trinajstić information content (AvgIpc) is 2.46. The number of ether oxygens (including phenoxy) is 1. The molecule has 2 rings (SSSR count). The van der Waals surface area contributed by atoms with E-state index in [-0.39, 0.29) is 12.2 Å². The topological polar surface area (TPSA) is 52.3 Å². The van der Waals surface area contributed by atoms with Crippen LogP contribution in [0.2, 0.25) is 0 Å². The van der Waals surface area contributed by atoms with Crippen molar-refractivity contribution in [2.24, 2.45) is 5.73 Å². The highest BCUT2D eigenvalue weighted by atomic mass is 19.1. The molecular formula is C17H18FNO2. The van der Waals surface area contributed by atoms with Crippen LogP contribution >= 0.6 is 0 Å². The monoisotopic (exact) mass is 287 g/mol. The molecule has 0 aliphatic carbocycles. The smallest absolute Gasteiger partial charge is 0.248 e. The van der Waals surface area contributed by atoms with Crippen LogP contribution in [-0.4, -0.2) is 5.91 Å². The lowest BCUT2D eigenvalue weighted by Crippen LogP contribution is -2.11. The number of benzene rings is 2. The summed E-state index contributed by atoms with van der Waals surface area (Å²) in [5.74, 6) is -0.00800. The van der Waals surface area contributed by atoms with E-state index in [0.717, 1.165) is 6.07 Å². The minimum Gasteiger partial charge on any atom is -0.489 e. The maximum absolute atomic E-state index is 13.8. The van der Waals surface area contributed by atoms with Gasteiger partial charge in [-0.25, -0.2) is 4.39 Å². The Bertz CT molecular complexity index is 636. The van der Waals surface area contributed by atoms with Crippen LogP contribution in [0.5, 0.6) is 5.75 Å². The Kier molecular flexibility index (Phi) is 4.58. The van der Waals surface area contributed by atoms with Gasteiger partial charge in [-0.1, -0.05) is 32.0 Å². The van der Waals surface area contributed by atoms with Crippen molar-refractivity contribution < 1.29 is 13.9 Å². The van der Waals surface area contributed by atoms with E-state index in [2.05, 4.69) is 13.8 Å². The fraction of sp³-hybridized carbons (Fsp3) is 0.235. The Hall–Kier alpha value is -2.36. The van der Waals surface area contributed by atoms with E-state index >= 15 is 0 Å². The number of carbonyl (C=O) groups excluding carboxylic acids is 1. The quantitative estimate of drug-likeness (QED) is 0.913. The normalized spacial score (nSPS) is 10.7. The lowest BCUT2D eigenvalue weighted by atomic mass is 10.0. The Morgan fingerprint density at radius 1 is 1.19 bits per heavy atom. The molecule has 0 radical (unpaired) electrons. The van der Waals surface area contributed by atoms with Crippen LogP contribution in [0, 0.1) is 5.82 Å². The summed E-state index contributed by atoms with van der Waals surface area (Å²) < 4.78 is 19.3. The molecule has 0 aliphatic rings. The fourth-order valence-electron chi connectivity index (χ4n) is 1.93. The maximum Gasteiger partial charge on any atom is 0.248 e. The van der Waals surface area contributed by atoms with Gasteiger partial charge in [0, 0.05) is 11.1 Å². The molecule has 2 N–H and O–H groups in total. The molecule has 2 aromatic carbocycles. The molecule has 0 spiro atoms. The van der Waals surface area contributed by atoms with Gasteiger partial charge in [-0.05, 0) is 35.7 Å². The number of rotatable bonds is 5. The van der Waals surface area contributed by atoms with Crippen molar-refractivity contribution in [2.75, 3.05) is 0 Å². The zero-order valence-corrected chi connectivity index (χ0v) is 12.1. The number of nitrogens with two attached hydrogens (primary N) is 1. The van der Waals surface area contributed by atoms with E-state index in [1.54, 1.807) is 0 Å². The van der Waals surface area contributed by atoms with E-state index in [9.17, 15) is 9.18 Å². The zero-order valence-electron chi connectivity index (χ0n) is 12.1. The number of amides is 1. The van der Waals surface area contributed by atoms with Gasteiger partial charge in [-0.2, -0.15) is 0 Å². The summed E-state index contributed by atoms with van der Waals surface area (Å²) in [4.78, 5) is 11.0. The van der Waals surface area contributed by atoms with Crippen LogP contribution in [0.4, 0.5) is 4.39 Å². The summed E-state index contributed by atoms with van der Waals surface area (Å²) in [6.45, 7) is 4.34. The molecule has 4 heteroatoms. The molecule has 0 heterocycles. The van der Waals surface area contributed by atoms with Gasteiger partial charge in [0.25, 0.3) is 0 Å². The lowest BCUT2D eigenvalue weighted by Gasteiger charge is -2.10. The van der Waals surface area contributed by atoms with Gasteiger partial charge < -0.3 is 10.5 Å². The Balaban J connectivity index is 2.04. The van der Waals surface area contributed by atoms with Gasteiger partial charge >= 0.3 is 0 Å². The number of halogens is 1. The molecule has 2 aromatic rings.